The highest BCUT2D eigenvalue weighted by Crippen LogP contribution is 2.52. The molecule has 0 spiro atoms. The third kappa shape index (κ3) is 2.98. The highest BCUT2D eigenvalue weighted by molar-refractivity contribution is 6.30. The summed E-state index contributed by atoms with van der Waals surface area (Å²) in [6.45, 7) is 4.02. The van der Waals surface area contributed by atoms with Crippen LogP contribution in [-0.4, -0.2) is 30.1 Å². The molecule has 4 atom stereocenters. The second-order valence-corrected chi connectivity index (χ2v) is 8.24. The predicted molar refractivity (Wildman–Crippen MR) is 107 cm³/mol. The number of fused-ring (bicyclic) bond motifs is 2. The summed E-state index contributed by atoms with van der Waals surface area (Å²) >= 11 is 6.05. The van der Waals surface area contributed by atoms with Gasteiger partial charge in [-0.1, -0.05) is 37.6 Å². The Kier molecular flexibility index (Phi) is 4.86. The summed E-state index contributed by atoms with van der Waals surface area (Å²) in [5.41, 5.74) is 1.74. The molecule has 0 radical (unpaired) electrons. The molecule has 0 aliphatic carbocycles. The van der Waals surface area contributed by atoms with Crippen molar-refractivity contribution in [2.24, 2.45) is 11.8 Å². The van der Waals surface area contributed by atoms with Crippen molar-refractivity contribution < 1.29 is 19.4 Å². The summed E-state index contributed by atoms with van der Waals surface area (Å²) in [6.07, 6.45) is 0.0754. The lowest BCUT2D eigenvalue weighted by Crippen LogP contribution is -2.52. The van der Waals surface area contributed by atoms with Crippen LogP contribution >= 0.6 is 11.6 Å². The molecule has 28 heavy (non-hydrogen) atoms. The number of ether oxygens (including phenoxy) is 2. The van der Waals surface area contributed by atoms with Gasteiger partial charge in [-0.3, -0.25) is 9.69 Å². The zero-order valence-corrected chi connectivity index (χ0v) is 16.9. The third-order valence-corrected chi connectivity index (χ3v) is 6.09. The molecule has 2 heterocycles. The van der Waals surface area contributed by atoms with E-state index in [1.807, 2.05) is 50.2 Å². The number of hydrogen-bond acceptors (Lipinski definition) is 4. The van der Waals surface area contributed by atoms with Crippen LogP contribution in [0.1, 0.15) is 31.7 Å². The Morgan fingerprint density at radius 3 is 2.39 bits per heavy atom. The van der Waals surface area contributed by atoms with E-state index in [0.29, 0.717) is 22.9 Å². The summed E-state index contributed by atoms with van der Waals surface area (Å²) < 4.78 is 11.1. The topological polar surface area (TPSA) is 59.0 Å². The first-order valence-electron chi connectivity index (χ1n) is 9.48. The zero-order valence-electron chi connectivity index (χ0n) is 16.1. The Hall–Kier alpha value is -2.08. The van der Waals surface area contributed by atoms with Gasteiger partial charge in [0.05, 0.1) is 7.11 Å². The Balaban J connectivity index is 1.74. The van der Waals surface area contributed by atoms with E-state index in [-0.39, 0.29) is 17.8 Å². The van der Waals surface area contributed by atoms with Gasteiger partial charge in [-0.05, 0) is 53.8 Å². The largest absolute Gasteiger partial charge is 0.497 e. The number of carbonyl (C=O) groups excluding carboxylic acids is 1. The Morgan fingerprint density at radius 1 is 1.18 bits per heavy atom. The van der Waals surface area contributed by atoms with Gasteiger partial charge in [0, 0.05) is 23.0 Å². The van der Waals surface area contributed by atoms with Gasteiger partial charge in [-0.15, -0.1) is 0 Å². The highest BCUT2D eigenvalue weighted by atomic mass is 35.5. The van der Waals surface area contributed by atoms with Crippen LogP contribution in [0.2, 0.25) is 5.02 Å². The van der Waals surface area contributed by atoms with E-state index in [2.05, 4.69) is 0 Å². The molecule has 1 amide bonds. The van der Waals surface area contributed by atoms with Crippen LogP contribution in [0.4, 0.5) is 5.69 Å². The monoisotopic (exact) mass is 401 g/mol. The minimum Gasteiger partial charge on any atom is -0.497 e. The van der Waals surface area contributed by atoms with E-state index < -0.39 is 17.9 Å². The molecule has 6 heteroatoms. The van der Waals surface area contributed by atoms with Crippen molar-refractivity contribution in [1.82, 2.24) is 0 Å². The number of amides is 1. The van der Waals surface area contributed by atoms with E-state index in [9.17, 15) is 9.90 Å². The standard InChI is InChI=1S/C22H24ClNO4/c1-13(2)20-18(14-4-6-15(23)7-5-14)12-19-24(21(25)22(20,26)28-19)16-8-10-17(27-3)11-9-16/h4-11,13,18-20,26H,12H2,1-3H3/t18-,19-,20-,22+/m0/s1. The lowest BCUT2D eigenvalue weighted by atomic mass is 9.71. The van der Waals surface area contributed by atoms with Gasteiger partial charge >= 0.3 is 0 Å². The predicted octanol–water partition coefficient (Wildman–Crippen LogP) is 4.19. The molecule has 2 bridgehead atoms. The maximum Gasteiger partial charge on any atom is 0.289 e. The average Bonchev–Trinajstić information content (AvgIpc) is 2.87. The molecule has 148 valence electrons. The fraction of sp³-hybridized carbons (Fsp3) is 0.409. The number of carbonyl (C=O) groups is 1. The van der Waals surface area contributed by atoms with E-state index >= 15 is 0 Å². The summed E-state index contributed by atoms with van der Waals surface area (Å²) in [6, 6.07) is 14.9. The van der Waals surface area contributed by atoms with Crippen molar-refractivity contribution >= 4 is 23.2 Å². The Bertz CT molecular complexity index is 867. The van der Waals surface area contributed by atoms with Crippen molar-refractivity contribution in [2.75, 3.05) is 12.0 Å². The van der Waals surface area contributed by atoms with Crippen molar-refractivity contribution in [3.05, 3.63) is 59.1 Å². The number of methoxy groups -OCH3 is 1. The molecule has 2 aromatic rings. The lowest BCUT2D eigenvalue weighted by Gasteiger charge is -2.42. The molecule has 2 aliphatic heterocycles. The Labute approximate surface area is 169 Å². The van der Waals surface area contributed by atoms with E-state index in [1.165, 1.54) is 0 Å². The van der Waals surface area contributed by atoms with Crippen molar-refractivity contribution in [3.63, 3.8) is 0 Å². The fourth-order valence-corrected chi connectivity index (χ4v) is 4.75. The van der Waals surface area contributed by atoms with Crippen LogP contribution in [0.15, 0.2) is 48.5 Å². The second-order valence-electron chi connectivity index (χ2n) is 7.81. The van der Waals surface area contributed by atoms with Crippen LogP contribution in [0.5, 0.6) is 5.75 Å². The van der Waals surface area contributed by atoms with Crippen LogP contribution in [-0.2, 0) is 9.53 Å². The lowest BCUT2D eigenvalue weighted by molar-refractivity contribution is -0.250. The molecule has 5 nitrogen and oxygen atoms in total. The molecular formula is C22H24ClNO4. The minimum atomic E-state index is -1.85. The maximum absolute atomic E-state index is 13.3. The summed E-state index contributed by atoms with van der Waals surface area (Å²) in [4.78, 5) is 14.9. The van der Waals surface area contributed by atoms with Gasteiger partial charge in [-0.25, -0.2) is 0 Å². The van der Waals surface area contributed by atoms with Gasteiger partial charge in [0.1, 0.15) is 12.0 Å². The number of rotatable bonds is 4. The van der Waals surface area contributed by atoms with Gasteiger partial charge in [0.25, 0.3) is 11.7 Å². The highest BCUT2D eigenvalue weighted by Gasteiger charge is 2.63. The first-order chi connectivity index (χ1) is 13.3. The molecule has 2 aliphatic rings. The Morgan fingerprint density at radius 2 is 1.82 bits per heavy atom. The third-order valence-electron chi connectivity index (χ3n) is 5.84. The summed E-state index contributed by atoms with van der Waals surface area (Å²) in [7, 11) is 1.60. The SMILES string of the molecule is COc1ccc(N2C(=O)[C@]3(O)O[C@H]2C[C@@H](c2ccc(Cl)cc2)[C@@H]3C(C)C)cc1. The first kappa shape index (κ1) is 19.2. The molecule has 1 N–H and O–H groups in total. The molecule has 2 aromatic carbocycles. The fourth-order valence-electron chi connectivity index (χ4n) is 4.62. The number of halogens is 1. The van der Waals surface area contributed by atoms with Crippen LogP contribution < -0.4 is 9.64 Å². The molecule has 4 rings (SSSR count). The number of benzene rings is 2. The first-order valence-corrected chi connectivity index (χ1v) is 9.86. The van der Waals surface area contributed by atoms with E-state index in [1.54, 1.807) is 24.1 Å². The quantitative estimate of drug-likeness (QED) is 0.834. The number of hydrogen-bond donors (Lipinski definition) is 1. The summed E-state index contributed by atoms with van der Waals surface area (Å²) in [5, 5.41) is 12.0. The average molecular weight is 402 g/mol. The minimum absolute atomic E-state index is 0.0202. The van der Waals surface area contributed by atoms with Crippen LogP contribution in [0.3, 0.4) is 0 Å². The zero-order chi connectivity index (χ0) is 20.1. The molecule has 0 saturated carbocycles. The maximum atomic E-state index is 13.3. The molecule has 2 fully saturated rings. The van der Waals surface area contributed by atoms with Crippen molar-refractivity contribution in [1.29, 1.82) is 0 Å². The number of anilines is 1. The van der Waals surface area contributed by atoms with Crippen molar-refractivity contribution in [3.8, 4) is 5.75 Å². The molecule has 2 saturated heterocycles. The van der Waals surface area contributed by atoms with E-state index in [4.69, 9.17) is 21.1 Å². The van der Waals surface area contributed by atoms with Crippen LogP contribution in [0.25, 0.3) is 0 Å². The van der Waals surface area contributed by atoms with Crippen molar-refractivity contribution in [2.45, 2.75) is 38.2 Å². The molecule has 0 unspecified atom stereocenters. The number of aliphatic hydroxyl groups is 1. The molecular weight excluding hydrogens is 378 g/mol. The smallest absolute Gasteiger partial charge is 0.289 e. The normalized spacial score (nSPS) is 29.4. The van der Waals surface area contributed by atoms with Gasteiger partial charge < -0.3 is 14.6 Å². The van der Waals surface area contributed by atoms with Crippen LogP contribution in [0, 0.1) is 11.8 Å². The van der Waals surface area contributed by atoms with Gasteiger partial charge in [0.15, 0.2) is 0 Å². The van der Waals surface area contributed by atoms with Gasteiger partial charge in [0.2, 0.25) is 0 Å². The summed E-state index contributed by atoms with van der Waals surface area (Å²) in [5.74, 6) is -1.88. The molecule has 0 aromatic heterocycles. The second kappa shape index (κ2) is 7.07. The van der Waals surface area contributed by atoms with E-state index in [0.717, 1.165) is 5.56 Å². The number of nitrogens with zero attached hydrogens (tertiary/aromatic N) is 1. The van der Waals surface area contributed by atoms with Gasteiger partial charge in [-0.2, -0.15) is 0 Å².